The fraction of sp³-hybridized carbons (Fsp3) is 0.860. The molecule has 1 amide bonds. The molecule has 0 aromatic heterocycles. The number of esters is 1. The number of aliphatic hydroxyl groups is 2. The minimum absolute atomic E-state index is 0.0412. The van der Waals surface area contributed by atoms with Crippen LogP contribution in [0.3, 0.4) is 0 Å². The third kappa shape index (κ3) is 49.4. The molecule has 0 aromatic carbocycles. The summed E-state index contributed by atoms with van der Waals surface area (Å²) in [6.07, 6.45) is 64.3. The zero-order chi connectivity index (χ0) is 45.8. The summed E-state index contributed by atoms with van der Waals surface area (Å²) >= 11 is 0. The number of ether oxygens (including phenoxy) is 1. The van der Waals surface area contributed by atoms with Gasteiger partial charge in [-0.25, -0.2) is 0 Å². The Morgan fingerprint density at radius 3 is 1.22 bits per heavy atom. The lowest BCUT2D eigenvalue weighted by Crippen LogP contribution is -2.45. The summed E-state index contributed by atoms with van der Waals surface area (Å²) in [5.41, 5.74) is 0. The maximum atomic E-state index is 12.4. The van der Waals surface area contributed by atoms with E-state index >= 15 is 0 Å². The van der Waals surface area contributed by atoms with Crippen LogP contribution in [-0.2, 0) is 14.3 Å². The highest BCUT2D eigenvalue weighted by Gasteiger charge is 2.20. The maximum Gasteiger partial charge on any atom is 0.305 e. The molecule has 63 heavy (non-hydrogen) atoms. The van der Waals surface area contributed by atoms with Gasteiger partial charge in [0.15, 0.2) is 0 Å². The van der Waals surface area contributed by atoms with Crippen LogP contribution in [0.25, 0.3) is 0 Å². The van der Waals surface area contributed by atoms with Gasteiger partial charge in [0.2, 0.25) is 5.91 Å². The molecule has 2 atom stereocenters. The van der Waals surface area contributed by atoms with E-state index in [9.17, 15) is 19.8 Å². The first-order valence-corrected chi connectivity index (χ1v) is 27.7. The van der Waals surface area contributed by atoms with Crippen molar-refractivity contribution in [2.45, 2.75) is 302 Å². The smallest absolute Gasteiger partial charge is 0.305 e. The molecule has 0 rings (SSSR count). The second-order valence-corrected chi connectivity index (χ2v) is 18.9. The molecule has 0 fully saturated rings. The minimum Gasteiger partial charge on any atom is -0.465 e. The molecule has 0 spiro atoms. The fourth-order valence-corrected chi connectivity index (χ4v) is 8.41. The summed E-state index contributed by atoms with van der Waals surface area (Å²) in [7, 11) is 0. The van der Waals surface area contributed by atoms with Crippen LogP contribution < -0.4 is 5.32 Å². The Kier molecular flexibility index (Phi) is 51.1. The lowest BCUT2D eigenvalue weighted by Gasteiger charge is -2.22. The fourth-order valence-electron chi connectivity index (χ4n) is 8.41. The molecule has 0 aliphatic carbocycles. The van der Waals surface area contributed by atoms with Crippen molar-refractivity contribution in [3.05, 3.63) is 36.5 Å². The Balaban J connectivity index is 3.45. The Hall–Kier alpha value is -1.92. The van der Waals surface area contributed by atoms with Crippen LogP contribution in [0.5, 0.6) is 0 Å². The average molecular weight is 886 g/mol. The van der Waals surface area contributed by atoms with E-state index in [1.807, 2.05) is 0 Å². The molecule has 0 aliphatic rings. The third-order valence-corrected chi connectivity index (χ3v) is 12.7. The van der Waals surface area contributed by atoms with Gasteiger partial charge in [0.1, 0.15) is 0 Å². The lowest BCUT2D eigenvalue weighted by atomic mass is 10.0. The molecule has 2 unspecified atom stereocenters. The van der Waals surface area contributed by atoms with Crippen LogP contribution in [0.4, 0.5) is 0 Å². The number of hydrogen-bond donors (Lipinski definition) is 3. The number of hydrogen-bond acceptors (Lipinski definition) is 5. The van der Waals surface area contributed by atoms with Crippen molar-refractivity contribution in [1.29, 1.82) is 0 Å². The number of carbonyl (C=O) groups excluding carboxylic acids is 2. The zero-order valence-corrected chi connectivity index (χ0v) is 42.1. The predicted molar refractivity (Wildman–Crippen MR) is 273 cm³/mol. The van der Waals surface area contributed by atoms with Crippen LogP contribution in [0.15, 0.2) is 36.5 Å². The molecule has 6 nitrogen and oxygen atoms in total. The van der Waals surface area contributed by atoms with E-state index in [0.29, 0.717) is 25.9 Å². The second kappa shape index (κ2) is 52.7. The third-order valence-electron chi connectivity index (χ3n) is 12.7. The highest BCUT2D eigenvalue weighted by Crippen LogP contribution is 2.16. The SMILES string of the molecule is CCCCCCC/C=C\CCCCCCCC(=O)OCC/C=C\C/C=C\CCCCCCCCCCCCCCCCC(=O)NC(CO)C(O)CCCCCCCCCCCCC. The molecule has 3 N–H and O–H groups in total. The summed E-state index contributed by atoms with van der Waals surface area (Å²) in [5.74, 6) is -0.0853. The van der Waals surface area contributed by atoms with Crippen LogP contribution in [0.2, 0.25) is 0 Å². The van der Waals surface area contributed by atoms with Gasteiger partial charge in [-0.15, -0.1) is 0 Å². The Morgan fingerprint density at radius 1 is 0.444 bits per heavy atom. The van der Waals surface area contributed by atoms with Crippen LogP contribution in [0, 0.1) is 0 Å². The van der Waals surface area contributed by atoms with Crippen molar-refractivity contribution in [3.8, 4) is 0 Å². The molecule has 6 heteroatoms. The van der Waals surface area contributed by atoms with Crippen molar-refractivity contribution in [2.24, 2.45) is 0 Å². The normalized spacial score (nSPS) is 12.9. The molecular weight excluding hydrogens is 779 g/mol. The largest absolute Gasteiger partial charge is 0.465 e. The maximum absolute atomic E-state index is 12.4. The van der Waals surface area contributed by atoms with Crippen molar-refractivity contribution >= 4 is 11.9 Å². The van der Waals surface area contributed by atoms with Gasteiger partial charge in [-0.1, -0.05) is 243 Å². The van der Waals surface area contributed by atoms with Crippen LogP contribution in [0.1, 0.15) is 290 Å². The molecule has 0 bridgehead atoms. The first kappa shape index (κ1) is 61.1. The number of nitrogens with one attached hydrogen (secondary N) is 1. The molecule has 0 saturated heterocycles. The van der Waals surface area contributed by atoms with Gasteiger partial charge in [0.05, 0.1) is 25.4 Å². The highest BCUT2D eigenvalue weighted by atomic mass is 16.5. The molecule has 0 aliphatic heterocycles. The predicted octanol–water partition coefficient (Wildman–Crippen LogP) is 16.9. The van der Waals surface area contributed by atoms with Gasteiger partial charge in [-0.2, -0.15) is 0 Å². The number of amides is 1. The summed E-state index contributed by atoms with van der Waals surface area (Å²) < 4.78 is 5.40. The van der Waals surface area contributed by atoms with E-state index in [0.717, 1.165) is 51.4 Å². The van der Waals surface area contributed by atoms with E-state index in [4.69, 9.17) is 4.74 Å². The van der Waals surface area contributed by atoms with E-state index in [1.165, 1.54) is 205 Å². The Labute approximate surface area is 392 Å². The highest BCUT2D eigenvalue weighted by molar-refractivity contribution is 5.76. The lowest BCUT2D eigenvalue weighted by molar-refractivity contribution is -0.143. The summed E-state index contributed by atoms with van der Waals surface area (Å²) in [5, 5.41) is 23.2. The van der Waals surface area contributed by atoms with Crippen molar-refractivity contribution < 1.29 is 24.5 Å². The molecule has 0 aromatic rings. The number of carbonyl (C=O) groups is 2. The summed E-state index contributed by atoms with van der Waals surface area (Å²) in [6.45, 7) is 4.82. The molecule has 0 heterocycles. The summed E-state index contributed by atoms with van der Waals surface area (Å²) in [4.78, 5) is 24.4. The van der Waals surface area contributed by atoms with Gasteiger partial charge >= 0.3 is 5.97 Å². The standard InChI is InChI=1S/C57H107NO5/c1-3-5-7-9-11-13-15-16-27-31-35-39-43-47-51-57(62)63-52-48-44-40-36-32-28-25-23-21-19-17-18-20-22-24-26-30-34-38-42-46-50-56(61)58-54(53-59)55(60)49-45-41-37-33-29-14-12-10-8-6-4-2/h15-16,28,32,40,44,54-55,59-60H,3-14,17-27,29-31,33-39,41-43,45-53H2,1-2H3,(H,58,61)/b16-15-,32-28-,44-40-. The van der Waals surface area contributed by atoms with Crippen LogP contribution >= 0.6 is 0 Å². The molecule has 0 radical (unpaired) electrons. The summed E-state index contributed by atoms with van der Waals surface area (Å²) in [6, 6.07) is -0.544. The van der Waals surface area contributed by atoms with E-state index < -0.39 is 12.1 Å². The Bertz CT molecular complexity index is 1020. The van der Waals surface area contributed by atoms with E-state index in [-0.39, 0.29) is 18.5 Å². The average Bonchev–Trinajstić information content (AvgIpc) is 3.28. The van der Waals surface area contributed by atoms with Gasteiger partial charge < -0.3 is 20.3 Å². The zero-order valence-electron chi connectivity index (χ0n) is 42.1. The van der Waals surface area contributed by atoms with Gasteiger partial charge in [0.25, 0.3) is 0 Å². The first-order chi connectivity index (χ1) is 31.0. The number of unbranched alkanes of at least 4 members (excludes halogenated alkanes) is 34. The number of rotatable bonds is 51. The van der Waals surface area contributed by atoms with Crippen molar-refractivity contribution in [3.63, 3.8) is 0 Å². The quantitative estimate of drug-likeness (QED) is 0.0321. The van der Waals surface area contributed by atoms with Crippen molar-refractivity contribution in [1.82, 2.24) is 5.32 Å². The van der Waals surface area contributed by atoms with E-state index in [2.05, 4.69) is 55.6 Å². The van der Waals surface area contributed by atoms with Gasteiger partial charge in [0, 0.05) is 12.8 Å². The van der Waals surface area contributed by atoms with E-state index in [1.54, 1.807) is 0 Å². The monoisotopic (exact) mass is 886 g/mol. The first-order valence-electron chi connectivity index (χ1n) is 27.7. The minimum atomic E-state index is -0.666. The van der Waals surface area contributed by atoms with Crippen molar-refractivity contribution in [2.75, 3.05) is 13.2 Å². The number of allylic oxidation sites excluding steroid dienone is 5. The molecule has 0 saturated carbocycles. The molecule has 370 valence electrons. The number of aliphatic hydroxyl groups excluding tert-OH is 2. The topological polar surface area (TPSA) is 95.9 Å². The molecular formula is C57H107NO5. The van der Waals surface area contributed by atoms with Crippen LogP contribution in [-0.4, -0.2) is 47.4 Å². The second-order valence-electron chi connectivity index (χ2n) is 18.9. The van der Waals surface area contributed by atoms with Gasteiger partial charge in [-0.05, 0) is 70.6 Å². The van der Waals surface area contributed by atoms with Gasteiger partial charge in [-0.3, -0.25) is 9.59 Å². The Morgan fingerprint density at radius 2 is 0.794 bits per heavy atom.